The quantitative estimate of drug-likeness (QED) is 0.560. The number of rotatable bonds is 3. The van der Waals surface area contributed by atoms with Gasteiger partial charge in [0.2, 0.25) is 5.91 Å². The normalized spacial score (nSPS) is 30.3. The monoisotopic (exact) mass is 216 g/mol. The average molecular weight is 216 g/mol. The van der Waals surface area contributed by atoms with Crippen LogP contribution >= 0.6 is 0 Å². The van der Waals surface area contributed by atoms with Crippen molar-refractivity contribution in [2.45, 2.75) is 38.5 Å². The topological polar surface area (TPSA) is 86.8 Å². The predicted molar refractivity (Wildman–Crippen MR) is 56.0 cm³/mol. The zero-order valence-corrected chi connectivity index (χ0v) is 9.26. The van der Waals surface area contributed by atoms with Crippen molar-refractivity contribution >= 4 is 5.91 Å². The highest BCUT2D eigenvalue weighted by atomic mass is 16.3. The van der Waals surface area contributed by atoms with Crippen LogP contribution in [-0.2, 0) is 4.79 Å². The van der Waals surface area contributed by atoms with Gasteiger partial charge in [-0.25, -0.2) is 0 Å². The lowest BCUT2D eigenvalue weighted by Crippen LogP contribution is -2.46. The Morgan fingerprint density at radius 2 is 1.93 bits per heavy atom. The molecule has 0 bridgehead atoms. The zero-order valence-electron chi connectivity index (χ0n) is 9.26. The molecule has 0 radical (unpaired) electrons. The van der Waals surface area contributed by atoms with Crippen LogP contribution in [0.15, 0.2) is 0 Å². The lowest BCUT2D eigenvalue weighted by Gasteiger charge is -2.23. The van der Waals surface area contributed by atoms with Crippen molar-refractivity contribution in [1.82, 2.24) is 4.90 Å². The largest absolute Gasteiger partial charge is 0.388 e. The molecule has 0 aromatic heterocycles. The molecule has 1 amide bonds. The van der Waals surface area contributed by atoms with E-state index in [1.807, 2.05) is 13.8 Å². The molecule has 0 saturated carbocycles. The molecule has 5 heteroatoms. The number of carbonyl (C=O) groups excluding carboxylic acids is 1. The summed E-state index contributed by atoms with van der Waals surface area (Å²) >= 11 is 0. The Bertz CT molecular complexity index is 225. The smallest absolute Gasteiger partial charge is 0.239 e. The minimum atomic E-state index is -0.835. The summed E-state index contributed by atoms with van der Waals surface area (Å²) in [6.07, 6.45) is -0.831. The minimum Gasteiger partial charge on any atom is -0.388 e. The van der Waals surface area contributed by atoms with E-state index in [9.17, 15) is 15.0 Å². The molecule has 1 aliphatic heterocycles. The number of β-amino-alcohol motifs (C(OH)–C–C–N with tert-alkyl or cyclic N) is 2. The maximum atomic E-state index is 11.8. The van der Waals surface area contributed by atoms with E-state index >= 15 is 0 Å². The zero-order chi connectivity index (χ0) is 11.6. The third kappa shape index (κ3) is 2.68. The summed E-state index contributed by atoms with van der Waals surface area (Å²) in [6.45, 7) is 4.27. The first-order chi connectivity index (χ1) is 6.97. The van der Waals surface area contributed by atoms with Gasteiger partial charge in [0.1, 0.15) is 0 Å². The van der Waals surface area contributed by atoms with Gasteiger partial charge in [-0.15, -0.1) is 0 Å². The van der Waals surface area contributed by atoms with Crippen molar-refractivity contribution in [2.24, 2.45) is 11.7 Å². The van der Waals surface area contributed by atoms with Crippen LogP contribution in [-0.4, -0.2) is 52.4 Å². The fraction of sp³-hybridized carbons (Fsp3) is 0.900. The molecule has 0 spiro atoms. The van der Waals surface area contributed by atoms with E-state index in [0.29, 0.717) is 0 Å². The summed E-state index contributed by atoms with van der Waals surface area (Å²) in [4.78, 5) is 13.3. The predicted octanol–water partition coefficient (Wildman–Crippen LogP) is -1.08. The van der Waals surface area contributed by atoms with Gasteiger partial charge in [-0.3, -0.25) is 4.79 Å². The minimum absolute atomic E-state index is 0.118. The van der Waals surface area contributed by atoms with Gasteiger partial charge >= 0.3 is 0 Å². The second kappa shape index (κ2) is 4.92. The van der Waals surface area contributed by atoms with E-state index in [1.54, 1.807) is 0 Å². The Hall–Kier alpha value is -0.650. The third-order valence-corrected chi connectivity index (χ3v) is 3.11. The SMILES string of the molecule is CC[C@H](C)[C@H](N)C(=O)N1CC(O)C(O)C1. The molecule has 88 valence electrons. The maximum absolute atomic E-state index is 11.8. The first kappa shape index (κ1) is 12.4. The first-order valence-electron chi connectivity index (χ1n) is 5.37. The van der Waals surface area contributed by atoms with Gasteiger partial charge in [-0.05, 0) is 5.92 Å². The van der Waals surface area contributed by atoms with E-state index < -0.39 is 18.2 Å². The second-order valence-corrected chi connectivity index (χ2v) is 4.29. The van der Waals surface area contributed by atoms with Gasteiger partial charge < -0.3 is 20.8 Å². The number of aliphatic hydroxyl groups is 2. The molecule has 1 saturated heterocycles. The Labute approximate surface area is 89.9 Å². The summed E-state index contributed by atoms with van der Waals surface area (Å²) < 4.78 is 0. The van der Waals surface area contributed by atoms with E-state index in [-0.39, 0.29) is 24.9 Å². The molecule has 0 aromatic carbocycles. The van der Waals surface area contributed by atoms with Crippen LogP contribution in [0.1, 0.15) is 20.3 Å². The summed E-state index contributed by atoms with van der Waals surface area (Å²) in [5, 5.41) is 18.6. The van der Waals surface area contributed by atoms with Crippen molar-refractivity contribution < 1.29 is 15.0 Å². The fourth-order valence-electron chi connectivity index (χ4n) is 1.66. The number of aliphatic hydroxyl groups excluding tert-OH is 2. The van der Waals surface area contributed by atoms with Gasteiger partial charge in [-0.2, -0.15) is 0 Å². The van der Waals surface area contributed by atoms with Crippen LogP contribution in [0.2, 0.25) is 0 Å². The summed E-state index contributed by atoms with van der Waals surface area (Å²) in [5.74, 6) is -0.0627. The van der Waals surface area contributed by atoms with Crippen molar-refractivity contribution in [3.63, 3.8) is 0 Å². The number of hydrogen-bond acceptors (Lipinski definition) is 4. The molecule has 1 heterocycles. The molecule has 1 rings (SSSR count). The van der Waals surface area contributed by atoms with Crippen molar-refractivity contribution in [3.8, 4) is 0 Å². The highest BCUT2D eigenvalue weighted by Crippen LogP contribution is 2.14. The van der Waals surface area contributed by atoms with Crippen LogP contribution in [0.4, 0.5) is 0 Å². The lowest BCUT2D eigenvalue weighted by atomic mass is 9.99. The summed E-state index contributed by atoms with van der Waals surface area (Å²) in [7, 11) is 0. The van der Waals surface area contributed by atoms with Gasteiger partial charge in [0.25, 0.3) is 0 Å². The molecule has 4 N–H and O–H groups in total. The third-order valence-electron chi connectivity index (χ3n) is 3.11. The molecule has 1 aliphatic rings. The molecular formula is C10H20N2O3. The molecule has 1 fully saturated rings. The number of nitrogens with zero attached hydrogens (tertiary/aromatic N) is 1. The number of likely N-dealkylation sites (tertiary alicyclic amines) is 1. The molecular weight excluding hydrogens is 196 g/mol. The van der Waals surface area contributed by atoms with Crippen LogP contribution in [0.3, 0.4) is 0 Å². The summed E-state index contributed by atoms with van der Waals surface area (Å²) in [6, 6.07) is -0.535. The van der Waals surface area contributed by atoms with Crippen molar-refractivity contribution in [1.29, 1.82) is 0 Å². The average Bonchev–Trinajstić information content (AvgIpc) is 2.56. The van der Waals surface area contributed by atoms with E-state index in [0.717, 1.165) is 6.42 Å². The highest BCUT2D eigenvalue weighted by molar-refractivity contribution is 5.82. The molecule has 5 nitrogen and oxygen atoms in total. The van der Waals surface area contributed by atoms with Gasteiger partial charge in [0, 0.05) is 13.1 Å². The van der Waals surface area contributed by atoms with Crippen LogP contribution in [0.5, 0.6) is 0 Å². The van der Waals surface area contributed by atoms with E-state index in [4.69, 9.17) is 5.73 Å². The first-order valence-corrected chi connectivity index (χ1v) is 5.37. The Morgan fingerprint density at radius 1 is 1.47 bits per heavy atom. The standard InChI is InChI=1S/C10H20N2O3/c1-3-6(2)9(11)10(15)12-4-7(13)8(14)5-12/h6-9,13-14H,3-5,11H2,1-2H3/t6-,7?,8?,9-/m0/s1. The van der Waals surface area contributed by atoms with Crippen molar-refractivity contribution in [3.05, 3.63) is 0 Å². The van der Waals surface area contributed by atoms with Gasteiger partial charge in [0.05, 0.1) is 18.2 Å². The highest BCUT2D eigenvalue weighted by Gasteiger charge is 2.35. The Kier molecular flexibility index (Phi) is 4.07. The molecule has 0 aromatic rings. The Morgan fingerprint density at radius 3 is 2.33 bits per heavy atom. The number of hydrogen-bond donors (Lipinski definition) is 3. The molecule has 4 atom stereocenters. The van der Waals surface area contributed by atoms with Crippen molar-refractivity contribution in [2.75, 3.05) is 13.1 Å². The maximum Gasteiger partial charge on any atom is 0.239 e. The van der Waals surface area contributed by atoms with Gasteiger partial charge in [-0.1, -0.05) is 20.3 Å². The van der Waals surface area contributed by atoms with Gasteiger partial charge in [0.15, 0.2) is 0 Å². The van der Waals surface area contributed by atoms with E-state index in [1.165, 1.54) is 4.90 Å². The number of amides is 1. The number of carbonyl (C=O) groups is 1. The van der Waals surface area contributed by atoms with Crippen LogP contribution in [0, 0.1) is 5.92 Å². The lowest BCUT2D eigenvalue weighted by molar-refractivity contribution is -0.133. The second-order valence-electron chi connectivity index (χ2n) is 4.29. The number of nitrogens with two attached hydrogens (primary N) is 1. The summed E-state index contributed by atoms with van der Waals surface area (Å²) in [5.41, 5.74) is 5.79. The van der Waals surface area contributed by atoms with Crippen LogP contribution < -0.4 is 5.73 Å². The fourth-order valence-corrected chi connectivity index (χ4v) is 1.66. The Balaban J connectivity index is 2.54. The molecule has 2 unspecified atom stereocenters. The van der Waals surface area contributed by atoms with Crippen LogP contribution in [0.25, 0.3) is 0 Å². The van der Waals surface area contributed by atoms with E-state index in [2.05, 4.69) is 0 Å². The molecule has 0 aliphatic carbocycles. The molecule has 15 heavy (non-hydrogen) atoms.